The van der Waals surface area contributed by atoms with Crippen LogP contribution in [0.15, 0.2) is 0 Å². The predicted molar refractivity (Wildman–Crippen MR) is 72.6 cm³/mol. The lowest BCUT2D eigenvalue weighted by molar-refractivity contribution is 0.112. The summed E-state index contributed by atoms with van der Waals surface area (Å²) in [6, 6.07) is 0. The van der Waals surface area contributed by atoms with Gasteiger partial charge in [-0.3, -0.25) is 9.69 Å². The lowest BCUT2D eigenvalue weighted by atomic mass is 10.2. The second-order valence-corrected chi connectivity index (χ2v) is 4.64. The number of aliphatic hydroxyl groups excluding tert-OH is 1. The molecule has 1 aromatic heterocycles. The Bertz CT molecular complexity index is 463. The number of aldehydes is 1. The smallest absolute Gasteiger partial charge is 0.223 e. The van der Waals surface area contributed by atoms with Crippen LogP contribution in [0.1, 0.15) is 10.4 Å². The first-order valence-corrected chi connectivity index (χ1v) is 6.40. The van der Waals surface area contributed by atoms with Gasteiger partial charge < -0.3 is 15.7 Å². The molecule has 0 aromatic carbocycles. The van der Waals surface area contributed by atoms with Gasteiger partial charge in [-0.1, -0.05) is 11.6 Å². The molecule has 1 saturated heterocycles. The Morgan fingerprint density at radius 2 is 2.00 bits per heavy atom. The molecule has 0 spiro atoms. The number of β-amino-alcohol motifs (C(OH)–C–C–N with tert-alkyl or cyclic N) is 1. The van der Waals surface area contributed by atoms with Gasteiger partial charge in [0.1, 0.15) is 11.0 Å². The largest absolute Gasteiger partial charge is 0.395 e. The number of anilines is 2. The van der Waals surface area contributed by atoms with Crippen LogP contribution < -0.4 is 10.6 Å². The molecule has 7 nitrogen and oxygen atoms in total. The Labute approximate surface area is 116 Å². The minimum absolute atomic E-state index is 0.0587. The molecule has 1 aliphatic rings. The maximum atomic E-state index is 11.1. The van der Waals surface area contributed by atoms with E-state index >= 15 is 0 Å². The molecular formula is C11H16ClN5O2. The van der Waals surface area contributed by atoms with Crippen LogP contribution in [0.25, 0.3) is 0 Å². The van der Waals surface area contributed by atoms with E-state index in [1.54, 1.807) is 0 Å². The molecule has 0 saturated carbocycles. The van der Waals surface area contributed by atoms with Crippen molar-refractivity contribution in [1.29, 1.82) is 0 Å². The molecule has 0 amide bonds. The lowest BCUT2D eigenvalue weighted by Crippen LogP contribution is -2.47. The summed E-state index contributed by atoms with van der Waals surface area (Å²) >= 11 is 5.90. The van der Waals surface area contributed by atoms with Crippen LogP contribution in [0.4, 0.5) is 11.8 Å². The average molecular weight is 286 g/mol. The number of carbonyl (C=O) groups is 1. The van der Waals surface area contributed by atoms with Gasteiger partial charge >= 0.3 is 0 Å². The van der Waals surface area contributed by atoms with Gasteiger partial charge in [0.05, 0.1) is 12.2 Å². The Morgan fingerprint density at radius 3 is 2.58 bits per heavy atom. The average Bonchev–Trinajstić information content (AvgIpc) is 2.39. The minimum Gasteiger partial charge on any atom is -0.395 e. The summed E-state index contributed by atoms with van der Waals surface area (Å²) in [6.07, 6.45) is 0.650. The number of carbonyl (C=O) groups excluding carboxylic acids is 1. The zero-order chi connectivity index (χ0) is 13.8. The molecule has 1 fully saturated rings. The third kappa shape index (κ3) is 3.12. The van der Waals surface area contributed by atoms with Gasteiger partial charge in [0.15, 0.2) is 6.29 Å². The summed E-state index contributed by atoms with van der Waals surface area (Å²) in [7, 11) is 0. The van der Waals surface area contributed by atoms with Crippen molar-refractivity contribution < 1.29 is 9.90 Å². The number of aromatic nitrogens is 2. The molecule has 2 rings (SSSR count). The van der Waals surface area contributed by atoms with E-state index in [1.807, 2.05) is 4.90 Å². The number of halogens is 1. The maximum absolute atomic E-state index is 11.1. The summed E-state index contributed by atoms with van der Waals surface area (Å²) in [5.41, 5.74) is 5.84. The van der Waals surface area contributed by atoms with Crippen LogP contribution in [0.3, 0.4) is 0 Å². The topological polar surface area (TPSA) is 95.6 Å². The first-order valence-electron chi connectivity index (χ1n) is 6.02. The SMILES string of the molecule is Nc1nc(Cl)c(C=O)c(N2CCN(CCO)CC2)n1. The van der Waals surface area contributed by atoms with E-state index in [2.05, 4.69) is 14.9 Å². The molecule has 1 aliphatic heterocycles. The van der Waals surface area contributed by atoms with Crippen LogP contribution in [-0.2, 0) is 0 Å². The quantitative estimate of drug-likeness (QED) is 0.576. The summed E-state index contributed by atoms with van der Waals surface area (Å²) in [5, 5.41) is 8.98. The minimum atomic E-state index is 0.0587. The number of hydrogen-bond acceptors (Lipinski definition) is 7. The van der Waals surface area contributed by atoms with E-state index in [-0.39, 0.29) is 23.3 Å². The lowest BCUT2D eigenvalue weighted by Gasteiger charge is -2.35. The Kier molecular flexibility index (Phi) is 4.52. The number of nitrogens with two attached hydrogens (primary N) is 1. The van der Waals surface area contributed by atoms with Gasteiger partial charge in [-0.25, -0.2) is 4.98 Å². The molecule has 104 valence electrons. The van der Waals surface area contributed by atoms with Crippen molar-refractivity contribution in [3.8, 4) is 0 Å². The number of nitrogens with zero attached hydrogens (tertiary/aromatic N) is 4. The van der Waals surface area contributed by atoms with E-state index in [1.165, 1.54) is 0 Å². The van der Waals surface area contributed by atoms with Crippen LogP contribution in [0.5, 0.6) is 0 Å². The first kappa shape index (κ1) is 14.0. The third-order valence-corrected chi connectivity index (χ3v) is 3.39. The van der Waals surface area contributed by atoms with E-state index in [4.69, 9.17) is 22.4 Å². The van der Waals surface area contributed by atoms with Crippen molar-refractivity contribution >= 4 is 29.7 Å². The number of aliphatic hydroxyl groups is 1. The number of piperazine rings is 1. The molecule has 0 radical (unpaired) electrons. The maximum Gasteiger partial charge on any atom is 0.223 e. The van der Waals surface area contributed by atoms with Gasteiger partial charge in [-0.05, 0) is 0 Å². The molecule has 0 bridgehead atoms. The fourth-order valence-electron chi connectivity index (χ4n) is 2.11. The monoisotopic (exact) mass is 285 g/mol. The van der Waals surface area contributed by atoms with Gasteiger partial charge in [0.25, 0.3) is 0 Å². The highest BCUT2D eigenvalue weighted by Gasteiger charge is 2.22. The first-order chi connectivity index (χ1) is 9.15. The van der Waals surface area contributed by atoms with E-state index in [9.17, 15) is 4.79 Å². The van der Waals surface area contributed by atoms with Crippen LogP contribution in [-0.4, -0.2) is 65.6 Å². The van der Waals surface area contributed by atoms with Crippen LogP contribution in [0.2, 0.25) is 5.15 Å². The summed E-state index contributed by atoms with van der Waals surface area (Å²) in [5.74, 6) is 0.541. The van der Waals surface area contributed by atoms with Crippen LogP contribution in [0, 0.1) is 0 Å². The fraction of sp³-hybridized carbons (Fsp3) is 0.545. The molecule has 1 aromatic rings. The second kappa shape index (κ2) is 6.14. The van der Waals surface area contributed by atoms with Crippen molar-refractivity contribution in [2.75, 3.05) is 50.0 Å². The molecule has 19 heavy (non-hydrogen) atoms. The van der Waals surface area contributed by atoms with Crippen molar-refractivity contribution in [2.24, 2.45) is 0 Å². The van der Waals surface area contributed by atoms with Gasteiger partial charge in [-0.15, -0.1) is 0 Å². The molecule has 0 atom stereocenters. The standard InChI is InChI=1S/C11H16ClN5O2/c12-9-8(7-19)10(15-11(13)14-9)17-3-1-16(2-4-17)5-6-18/h7,18H,1-6H2,(H2,13,14,15). The highest BCUT2D eigenvalue weighted by atomic mass is 35.5. The zero-order valence-corrected chi connectivity index (χ0v) is 11.2. The summed E-state index contributed by atoms with van der Waals surface area (Å²) in [6.45, 7) is 3.79. The van der Waals surface area contributed by atoms with Crippen molar-refractivity contribution in [3.05, 3.63) is 10.7 Å². The Balaban J connectivity index is 2.17. The van der Waals surface area contributed by atoms with Gasteiger partial charge in [0, 0.05) is 32.7 Å². The zero-order valence-electron chi connectivity index (χ0n) is 10.4. The highest BCUT2D eigenvalue weighted by molar-refractivity contribution is 6.32. The van der Waals surface area contributed by atoms with Crippen molar-refractivity contribution in [3.63, 3.8) is 0 Å². The Hall–Kier alpha value is -1.44. The molecule has 0 aliphatic carbocycles. The summed E-state index contributed by atoms with van der Waals surface area (Å²) < 4.78 is 0. The molecule has 0 unspecified atom stereocenters. The van der Waals surface area contributed by atoms with E-state index in [0.717, 1.165) is 13.1 Å². The number of hydrogen-bond donors (Lipinski definition) is 2. The van der Waals surface area contributed by atoms with Crippen LogP contribution >= 0.6 is 11.6 Å². The Morgan fingerprint density at radius 1 is 1.32 bits per heavy atom. The molecule has 8 heteroatoms. The van der Waals surface area contributed by atoms with Crippen molar-refractivity contribution in [2.45, 2.75) is 0 Å². The van der Waals surface area contributed by atoms with Crippen molar-refractivity contribution in [1.82, 2.24) is 14.9 Å². The second-order valence-electron chi connectivity index (χ2n) is 4.28. The van der Waals surface area contributed by atoms with Gasteiger partial charge in [0.2, 0.25) is 5.95 Å². The number of nitrogen functional groups attached to an aromatic ring is 1. The number of rotatable bonds is 4. The highest BCUT2D eigenvalue weighted by Crippen LogP contribution is 2.24. The summed E-state index contributed by atoms with van der Waals surface area (Å²) in [4.78, 5) is 23.1. The molecule has 3 N–H and O–H groups in total. The predicted octanol–water partition coefficient (Wildman–Crippen LogP) is -0.361. The van der Waals surface area contributed by atoms with E-state index < -0.39 is 0 Å². The van der Waals surface area contributed by atoms with Gasteiger partial charge in [-0.2, -0.15) is 4.98 Å². The molecule has 2 heterocycles. The third-order valence-electron chi connectivity index (χ3n) is 3.10. The van der Waals surface area contributed by atoms with E-state index in [0.29, 0.717) is 31.7 Å². The molecular weight excluding hydrogens is 270 g/mol. The fourth-order valence-corrected chi connectivity index (χ4v) is 2.33. The normalized spacial score (nSPS) is 16.6.